The number of aromatic nitrogens is 2. The summed E-state index contributed by atoms with van der Waals surface area (Å²) in [6, 6.07) is 11.0. The molecule has 0 saturated heterocycles. The Morgan fingerprint density at radius 1 is 1.07 bits per heavy atom. The summed E-state index contributed by atoms with van der Waals surface area (Å²) >= 11 is 6.11. The van der Waals surface area contributed by atoms with Crippen molar-refractivity contribution in [3.8, 4) is 11.6 Å². The van der Waals surface area contributed by atoms with Gasteiger partial charge in [0.1, 0.15) is 11.5 Å². The summed E-state index contributed by atoms with van der Waals surface area (Å²) < 4.78 is 6.15. The van der Waals surface area contributed by atoms with E-state index in [1.54, 1.807) is 12.3 Å². The van der Waals surface area contributed by atoms with Gasteiger partial charge in [-0.2, -0.15) is 0 Å². The van der Waals surface area contributed by atoms with Gasteiger partial charge in [0.25, 0.3) is 0 Å². The maximum Gasteiger partial charge on any atom is 0.223 e. The molecule has 0 fully saturated rings. The van der Waals surface area contributed by atoms with Crippen LogP contribution >= 0.6 is 11.6 Å². The van der Waals surface area contributed by atoms with Crippen LogP contribution in [0.3, 0.4) is 0 Å². The standard InChI is InChI=1S/C21H20ClN3O2/c1-12-9-16(22)10-13(2)20(12)27-21-15(4)17(11-14(3)24-21)19(25-26)18-7-5-6-8-23-18/h5-11,26H,1-4H3/b25-19-. The number of benzene rings is 1. The van der Waals surface area contributed by atoms with Gasteiger partial charge in [0.15, 0.2) is 0 Å². The number of ether oxygens (including phenoxy) is 1. The zero-order valence-corrected chi connectivity index (χ0v) is 16.4. The predicted molar refractivity (Wildman–Crippen MR) is 106 cm³/mol. The van der Waals surface area contributed by atoms with Crippen LogP contribution in [-0.4, -0.2) is 20.9 Å². The van der Waals surface area contributed by atoms with Crippen molar-refractivity contribution in [2.45, 2.75) is 27.7 Å². The number of rotatable bonds is 4. The lowest BCUT2D eigenvalue weighted by atomic mass is 10.0. The van der Waals surface area contributed by atoms with Gasteiger partial charge in [0, 0.05) is 28.0 Å². The molecule has 1 aromatic carbocycles. The van der Waals surface area contributed by atoms with Crippen molar-refractivity contribution in [1.29, 1.82) is 0 Å². The molecule has 0 amide bonds. The summed E-state index contributed by atoms with van der Waals surface area (Å²) in [4.78, 5) is 8.81. The van der Waals surface area contributed by atoms with Crippen LogP contribution in [0.2, 0.25) is 5.02 Å². The second-order valence-electron chi connectivity index (χ2n) is 6.38. The Morgan fingerprint density at radius 3 is 2.37 bits per heavy atom. The van der Waals surface area contributed by atoms with E-state index in [0.29, 0.717) is 33.6 Å². The molecular formula is C21H20ClN3O2. The molecule has 2 heterocycles. The van der Waals surface area contributed by atoms with E-state index >= 15 is 0 Å². The lowest BCUT2D eigenvalue weighted by Crippen LogP contribution is -2.10. The first-order chi connectivity index (χ1) is 12.9. The Hall–Kier alpha value is -2.92. The van der Waals surface area contributed by atoms with Crippen LogP contribution in [0.25, 0.3) is 0 Å². The van der Waals surface area contributed by atoms with Gasteiger partial charge in [0.05, 0.1) is 5.69 Å². The minimum absolute atomic E-state index is 0.369. The van der Waals surface area contributed by atoms with Crippen molar-refractivity contribution in [3.05, 3.63) is 81.3 Å². The topological polar surface area (TPSA) is 67.6 Å². The molecule has 0 aliphatic rings. The molecule has 0 spiro atoms. The molecule has 5 nitrogen and oxygen atoms in total. The molecule has 3 rings (SSSR count). The van der Waals surface area contributed by atoms with E-state index in [2.05, 4.69) is 15.1 Å². The molecule has 0 bridgehead atoms. The van der Waals surface area contributed by atoms with Gasteiger partial charge in [0.2, 0.25) is 5.88 Å². The Bertz CT molecular complexity index is 994. The molecule has 3 aromatic rings. The quantitative estimate of drug-likeness (QED) is 0.374. The average Bonchev–Trinajstić information content (AvgIpc) is 2.63. The maximum atomic E-state index is 9.62. The molecular weight excluding hydrogens is 362 g/mol. The van der Waals surface area contributed by atoms with Gasteiger partial charge in [-0.25, -0.2) is 4.98 Å². The van der Waals surface area contributed by atoms with Crippen LogP contribution in [0.4, 0.5) is 0 Å². The van der Waals surface area contributed by atoms with Crippen LogP contribution in [0.15, 0.2) is 47.8 Å². The van der Waals surface area contributed by atoms with E-state index < -0.39 is 0 Å². The van der Waals surface area contributed by atoms with Gasteiger partial charge in [-0.1, -0.05) is 22.8 Å². The van der Waals surface area contributed by atoms with Gasteiger partial charge >= 0.3 is 0 Å². The van der Waals surface area contributed by atoms with Crippen molar-refractivity contribution in [2.75, 3.05) is 0 Å². The fraction of sp³-hybridized carbons (Fsp3) is 0.190. The van der Waals surface area contributed by atoms with Gasteiger partial charge < -0.3 is 9.94 Å². The number of oxime groups is 1. The molecule has 0 aliphatic heterocycles. The third-order valence-electron chi connectivity index (χ3n) is 4.24. The Labute approximate surface area is 163 Å². The van der Waals surface area contributed by atoms with Crippen molar-refractivity contribution < 1.29 is 9.94 Å². The summed E-state index contributed by atoms with van der Waals surface area (Å²) in [6.07, 6.45) is 1.65. The van der Waals surface area contributed by atoms with Crippen LogP contribution in [0.5, 0.6) is 11.6 Å². The van der Waals surface area contributed by atoms with E-state index in [9.17, 15) is 5.21 Å². The number of nitrogens with zero attached hydrogens (tertiary/aromatic N) is 3. The highest BCUT2D eigenvalue weighted by molar-refractivity contribution is 6.30. The fourth-order valence-electron chi connectivity index (χ4n) is 2.95. The lowest BCUT2D eigenvalue weighted by Gasteiger charge is -2.16. The molecule has 2 aromatic heterocycles. The molecule has 1 N–H and O–H groups in total. The highest BCUT2D eigenvalue weighted by Gasteiger charge is 2.18. The number of hydrogen-bond donors (Lipinski definition) is 1. The Kier molecular flexibility index (Phi) is 5.42. The van der Waals surface area contributed by atoms with E-state index in [0.717, 1.165) is 22.4 Å². The van der Waals surface area contributed by atoms with E-state index in [1.807, 2.05) is 58.0 Å². The predicted octanol–water partition coefficient (Wildman–Crippen LogP) is 5.38. The second-order valence-corrected chi connectivity index (χ2v) is 6.81. The van der Waals surface area contributed by atoms with Gasteiger partial charge in [-0.05, 0) is 69.2 Å². The number of hydrogen-bond acceptors (Lipinski definition) is 5. The molecule has 0 unspecified atom stereocenters. The second kappa shape index (κ2) is 7.76. The van der Waals surface area contributed by atoms with Gasteiger partial charge in [-0.3, -0.25) is 4.98 Å². The van der Waals surface area contributed by atoms with Gasteiger partial charge in [-0.15, -0.1) is 0 Å². The van der Waals surface area contributed by atoms with Crippen molar-refractivity contribution in [2.24, 2.45) is 5.16 Å². The molecule has 0 atom stereocenters. The SMILES string of the molecule is Cc1cc(/C(=N/O)c2ccccn2)c(C)c(Oc2c(C)cc(Cl)cc2C)n1. The van der Waals surface area contributed by atoms with E-state index in [1.165, 1.54) is 0 Å². The first-order valence-electron chi connectivity index (χ1n) is 8.47. The largest absolute Gasteiger partial charge is 0.438 e. The smallest absolute Gasteiger partial charge is 0.223 e. The van der Waals surface area contributed by atoms with E-state index in [4.69, 9.17) is 16.3 Å². The Morgan fingerprint density at radius 2 is 1.78 bits per heavy atom. The first-order valence-corrected chi connectivity index (χ1v) is 8.85. The first kappa shape index (κ1) is 18.9. The maximum absolute atomic E-state index is 9.62. The third kappa shape index (κ3) is 3.93. The third-order valence-corrected chi connectivity index (χ3v) is 4.46. The highest BCUT2D eigenvalue weighted by atomic mass is 35.5. The summed E-state index contributed by atoms with van der Waals surface area (Å²) in [5.74, 6) is 1.17. The number of aryl methyl sites for hydroxylation is 3. The monoisotopic (exact) mass is 381 g/mol. The van der Waals surface area contributed by atoms with Crippen LogP contribution < -0.4 is 4.74 Å². The normalized spacial score (nSPS) is 11.5. The Balaban J connectivity index is 2.10. The summed E-state index contributed by atoms with van der Waals surface area (Å²) in [6.45, 7) is 7.63. The summed E-state index contributed by atoms with van der Waals surface area (Å²) in [7, 11) is 0. The molecule has 0 saturated carbocycles. The number of pyridine rings is 2. The zero-order valence-electron chi connectivity index (χ0n) is 15.6. The molecule has 0 aliphatic carbocycles. The molecule has 27 heavy (non-hydrogen) atoms. The number of halogens is 1. The minimum Gasteiger partial charge on any atom is -0.438 e. The minimum atomic E-state index is 0.369. The molecule has 6 heteroatoms. The average molecular weight is 382 g/mol. The van der Waals surface area contributed by atoms with Crippen molar-refractivity contribution >= 4 is 17.3 Å². The fourth-order valence-corrected chi connectivity index (χ4v) is 3.28. The highest BCUT2D eigenvalue weighted by Crippen LogP contribution is 2.33. The zero-order chi connectivity index (χ0) is 19.6. The van der Waals surface area contributed by atoms with E-state index in [-0.39, 0.29) is 0 Å². The molecule has 138 valence electrons. The molecule has 0 radical (unpaired) electrons. The van der Waals surface area contributed by atoms with Crippen LogP contribution in [0.1, 0.15) is 33.6 Å². The summed E-state index contributed by atoms with van der Waals surface area (Å²) in [5.41, 5.74) is 4.99. The summed E-state index contributed by atoms with van der Waals surface area (Å²) in [5, 5.41) is 13.8. The van der Waals surface area contributed by atoms with Crippen LogP contribution in [-0.2, 0) is 0 Å². The van der Waals surface area contributed by atoms with Crippen molar-refractivity contribution in [3.63, 3.8) is 0 Å². The van der Waals surface area contributed by atoms with Crippen molar-refractivity contribution in [1.82, 2.24) is 9.97 Å². The lowest BCUT2D eigenvalue weighted by molar-refractivity contribution is 0.319. The van der Waals surface area contributed by atoms with Crippen LogP contribution in [0, 0.1) is 27.7 Å².